The zero-order valence-electron chi connectivity index (χ0n) is 10.1. The van der Waals surface area contributed by atoms with Crippen LogP contribution in [0.15, 0.2) is 0 Å². The molecule has 3 nitrogen and oxygen atoms in total. The van der Waals surface area contributed by atoms with Crippen molar-refractivity contribution < 1.29 is 0 Å². The maximum Gasteiger partial charge on any atom is 0.130 e. The lowest BCUT2D eigenvalue weighted by Gasteiger charge is -2.26. The summed E-state index contributed by atoms with van der Waals surface area (Å²) in [5.74, 6) is 0. The van der Waals surface area contributed by atoms with Crippen LogP contribution in [0.2, 0.25) is 5.15 Å². The van der Waals surface area contributed by atoms with Gasteiger partial charge in [-0.05, 0) is 18.8 Å². The molecule has 0 aliphatic rings. The Morgan fingerprint density at radius 1 is 1.47 bits per heavy atom. The number of halogens is 1. The highest BCUT2D eigenvalue weighted by atomic mass is 35.5. The highest BCUT2D eigenvalue weighted by Crippen LogP contribution is 2.25. The van der Waals surface area contributed by atoms with Crippen LogP contribution in [0.3, 0.4) is 0 Å². The second-order valence-corrected chi connectivity index (χ2v) is 5.51. The fourth-order valence-corrected chi connectivity index (χ4v) is 1.68. The predicted molar refractivity (Wildman–Crippen MR) is 64.1 cm³/mol. The Morgan fingerprint density at radius 3 is 2.33 bits per heavy atom. The van der Waals surface area contributed by atoms with Gasteiger partial charge in [-0.2, -0.15) is 5.10 Å². The molecule has 0 saturated carbocycles. The van der Waals surface area contributed by atoms with Crippen molar-refractivity contribution in [2.75, 3.05) is 0 Å². The molecule has 15 heavy (non-hydrogen) atoms. The van der Waals surface area contributed by atoms with E-state index in [1.54, 1.807) is 4.68 Å². The Bertz CT molecular complexity index is 349. The SMILES string of the molecule is Cc1nn(C)c(Cl)c1CC(N)C(C)(C)C. The van der Waals surface area contributed by atoms with Crippen LogP contribution >= 0.6 is 11.6 Å². The lowest BCUT2D eigenvalue weighted by Crippen LogP contribution is -2.37. The van der Waals surface area contributed by atoms with Crippen LogP contribution in [0.5, 0.6) is 0 Å². The summed E-state index contributed by atoms with van der Waals surface area (Å²) in [4.78, 5) is 0. The smallest absolute Gasteiger partial charge is 0.130 e. The van der Waals surface area contributed by atoms with E-state index in [-0.39, 0.29) is 11.5 Å². The molecule has 0 spiro atoms. The molecule has 1 unspecified atom stereocenters. The van der Waals surface area contributed by atoms with Crippen LogP contribution in [0.25, 0.3) is 0 Å². The summed E-state index contributed by atoms with van der Waals surface area (Å²) in [6.07, 6.45) is 0.780. The highest BCUT2D eigenvalue weighted by molar-refractivity contribution is 6.30. The molecule has 2 N–H and O–H groups in total. The molecule has 0 amide bonds. The van der Waals surface area contributed by atoms with Gasteiger partial charge in [-0.1, -0.05) is 32.4 Å². The topological polar surface area (TPSA) is 43.8 Å². The number of hydrogen-bond donors (Lipinski definition) is 1. The minimum Gasteiger partial charge on any atom is -0.327 e. The molecule has 0 aromatic carbocycles. The fourth-order valence-electron chi connectivity index (χ4n) is 1.43. The zero-order valence-corrected chi connectivity index (χ0v) is 10.9. The summed E-state index contributed by atoms with van der Waals surface area (Å²) >= 11 is 6.15. The first-order valence-electron chi connectivity index (χ1n) is 5.17. The number of aromatic nitrogens is 2. The fraction of sp³-hybridized carbons (Fsp3) is 0.727. The van der Waals surface area contributed by atoms with E-state index in [0.717, 1.165) is 17.7 Å². The quantitative estimate of drug-likeness (QED) is 0.846. The van der Waals surface area contributed by atoms with Crippen molar-refractivity contribution in [2.45, 2.75) is 40.2 Å². The molecule has 0 fully saturated rings. The van der Waals surface area contributed by atoms with Crippen molar-refractivity contribution in [2.24, 2.45) is 18.2 Å². The summed E-state index contributed by atoms with van der Waals surface area (Å²) < 4.78 is 1.70. The van der Waals surface area contributed by atoms with Crippen LogP contribution in [0.1, 0.15) is 32.0 Å². The monoisotopic (exact) mass is 229 g/mol. The van der Waals surface area contributed by atoms with Gasteiger partial charge in [0.25, 0.3) is 0 Å². The van der Waals surface area contributed by atoms with Crippen LogP contribution in [-0.4, -0.2) is 15.8 Å². The average Bonchev–Trinajstić information content (AvgIpc) is 2.30. The Balaban J connectivity index is 2.90. The second-order valence-electron chi connectivity index (χ2n) is 5.16. The van der Waals surface area contributed by atoms with Crippen molar-refractivity contribution in [3.05, 3.63) is 16.4 Å². The van der Waals surface area contributed by atoms with Gasteiger partial charge in [0.2, 0.25) is 0 Å². The van der Waals surface area contributed by atoms with Gasteiger partial charge in [-0.15, -0.1) is 0 Å². The normalized spacial score (nSPS) is 14.3. The Labute approximate surface area is 96.6 Å². The van der Waals surface area contributed by atoms with E-state index in [4.69, 9.17) is 17.3 Å². The number of nitrogens with zero attached hydrogens (tertiary/aromatic N) is 2. The maximum absolute atomic E-state index is 6.15. The van der Waals surface area contributed by atoms with E-state index < -0.39 is 0 Å². The minimum absolute atomic E-state index is 0.0889. The molecule has 4 heteroatoms. The lowest BCUT2D eigenvalue weighted by molar-refractivity contribution is 0.318. The molecule has 0 radical (unpaired) electrons. The van der Waals surface area contributed by atoms with Gasteiger partial charge in [-0.25, -0.2) is 0 Å². The molecule has 1 rings (SSSR count). The van der Waals surface area contributed by atoms with E-state index in [2.05, 4.69) is 25.9 Å². The number of hydrogen-bond acceptors (Lipinski definition) is 2. The van der Waals surface area contributed by atoms with Crippen LogP contribution < -0.4 is 5.73 Å². The number of rotatable bonds is 2. The van der Waals surface area contributed by atoms with Crippen molar-refractivity contribution in [1.82, 2.24) is 9.78 Å². The van der Waals surface area contributed by atoms with Crippen molar-refractivity contribution >= 4 is 11.6 Å². The van der Waals surface area contributed by atoms with Gasteiger partial charge in [0.05, 0.1) is 5.69 Å². The van der Waals surface area contributed by atoms with Gasteiger partial charge < -0.3 is 5.73 Å². The first-order valence-corrected chi connectivity index (χ1v) is 5.55. The molecule has 0 saturated heterocycles. The van der Waals surface area contributed by atoms with Crippen molar-refractivity contribution in [1.29, 1.82) is 0 Å². The van der Waals surface area contributed by atoms with E-state index in [1.165, 1.54) is 0 Å². The van der Waals surface area contributed by atoms with E-state index in [9.17, 15) is 0 Å². The van der Waals surface area contributed by atoms with Gasteiger partial charge in [0.1, 0.15) is 5.15 Å². The standard InChI is InChI=1S/C11H20ClN3/c1-7-8(10(12)15(5)14-7)6-9(13)11(2,3)4/h9H,6,13H2,1-5H3. The summed E-state index contributed by atoms with van der Waals surface area (Å²) in [6, 6.07) is 0.0953. The molecule has 86 valence electrons. The highest BCUT2D eigenvalue weighted by Gasteiger charge is 2.23. The van der Waals surface area contributed by atoms with Gasteiger partial charge in [0, 0.05) is 18.7 Å². The first-order chi connectivity index (χ1) is 6.73. The van der Waals surface area contributed by atoms with E-state index >= 15 is 0 Å². The Kier molecular flexibility index (Phi) is 3.46. The number of aryl methyl sites for hydroxylation is 2. The Morgan fingerprint density at radius 2 is 2.00 bits per heavy atom. The molecule has 0 aliphatic heterocycles. The molecule has 0 bridgehead atoms. The summed E-state index contributed by atoms with van der Waals surface area (Å²) in [6.45, 7) is 8.38. The van der Waals surface area contributed by atoms with Crippen molar-refractivity contribution in [3.8, 4) is 0 Å². The molecular weight excluding hydrogens is 210 g/mol. The molecule has 1 aromatic rings. The van der Waals surface area contributed by atoms with Gasteiger partial charge >= 0.3 is 0 Å². The third kappa shape index (κ3) is 2.73. The summed E-state index contributed by atoms with van der Waals surface area (Å²) in [5.41, 5.74) is 8.27. The molecule has 1 heterocycles. The average molecular weight is 230 g/mol. The largest absolute Gasteiger partial charge is 0.327 e. The Hall–Kier alpha value is -0.540. The first kappa shape index (κ1) is 12.5. The van der Waals surface area contributed by atoms with Crippen LogP contribution in [-0.2, 0) is 13.5 Å². The third-order valence-electron chi connectivity index (χ3n) is 2.81. The van der Waals surface area contributed by atoms with Crippen LogP contribution in [0, 0.1) is 12.3 Å². The van der Waals surface area contributed by atoms with Crippen LogP contribution in [0.4, 0.5) is 0 Å². The minimum atomic E-state index is 0.0889. The zero-order chi connectivity index (χ0) is 11.8. The lowest BCUT2D eigenvalue weighted by atomic mass is 9.84. The summed E-state index contributed by atoms with van der Waals surface area (Å²) in [5, 5.41) is 4.98. The molecule has 1 atom stereocenters. The summed E-state index contributed by atoms with van der Waals surface area (Å²) in [7, 11) is 1.85. The van der Waals surface area contributed by atoms with E-state index in [0.29, 0.717) is 5.15 Å². The molecule has 1 aromatic heterocycles. The molecule has 0 aliphatic carbocycles. The second kappa shape index (κ2) is 4.14. The van der Waals surface area contributed by atoms with Gasteiger partial charge in [0.15, 0.2) is 0 Å². The van der Waals surface area contributed by atoms with Gasteiger partial charge in [-0.3, -0.25) is 4.68 Å². The predicted octanol–water partition coefficient (Wildman–Crippen LogP) is 2.30. The molecular formula is C11H20ClN3. The number of nitrogens with two attached hydrogens (primary N) is 1. The third-order valence-corrected chi connectivity index (χ3v) is 3.28. The van der Waals surface area contributed by atoms with Crippen molar-refractivity contribution in [3.63, 3.8) is 0 Å². The maximum atomic E-state index is 6.15. The van der Waals surface area contributed by atoms with E-state index in [1.807, 2.05) is 14.0 Å².